The van der Waals surface area contributed by atoms with Gasteiger partial charge in [-0.2, -0.15) is 0 Å². The minimum atomic E-state index is -0.283. The molecule has 1 heterocycles. The van der Waals surface area contributed by atoms with E-state index in [0.717, 1.165) is 26.2 Å². The van der Waals surface area contributed by atoms with Crippen molar-refractivity contribution in [2.24, 2.45) is 0 Å². The molecule has 4 heteroatoms. The van der Waals surface area contributed by atoms with Crippen LogP contribution < -0.4 is 4.90 Å². The zero-order valence-corrected chi connectivity index (χ0v) is 9.49. The zero-order valence-electron chi connectivity index (χ0n) is 9.49. The van der Waals surface area contributed by atoms with E-state index in [0.29, 0.717) is 11.3 Å². The lowest BCUT2D eigenvalue weighted by molar-refractivity contribution is 0.275. The largest absolute Gasteiger partial charge is 0.392 e. The summed E-state index contributed by atoms with van der Waals surface area (Å²) < 4.78 is 13.9. The molecule has 0 amide bonds. The van der Waals surface area contributed by atoms with Crippen molar-refractivity contribution >= 4 is 5.69 Å². The molecular weight excluding hydrogens is 207 g/mol. The summed E-state index contributed by atoms with van der Waals surface area (Å²) in [5.74, 6) is -0.283. The van der Waals surface area contributed by atoms with Crippen molar-refractivity contribution in [1.29, 1.82) is 0 Å². The van der Waals surface area contributed by atoms with Crippen LogP contribution >= 0.6 is 0 Å². The average molecular weight is 224 g/mol. The number of hydrogen-bond acceptors (Lipinski definition) is 3. The summed E-state index contributed by atoms with van der Waals surface area (Å²) in [4.78, 5) is 4.26. The molecule has 0 saturated carbocycles. The molecule has 3 nitrogen and oxygen atoms in total. The molecule has 16 heavy (non-hydrogen) atoms. The van der Waals surface area contributed by atoms with Gasteiger partial charge in [0.25, 0.3) is 0 Å². The predicted octanol–water partition coefficient (Wildman–Crippen LogP) is 1.07. The number of aliphatic hydroxyl groups excluding tert-OH is 1. The van der Waals surface area contributed by atoms with E-state index in [1.54, 1.807) is 18.2 Å². The van der Waals surface area contributed by atoms with E-state index < -0.39 is 0 Å². The lowest BCUT2D eigenvalue weighted by Gasteiger charge is -2.34. The maximum atomic E-state index is 13.9. The number of anilines is 1. The Labute approximate surface area is 95.1 Å². The molecule has 0 bridgehead atoms. The van der Waals surface area contributed by atoms with Crippen molar-refractivity contribution in [2.45, 2.75) is 6.61 Å². The van der Waals surface area contributed by atoms with Crippen LogP contribution in [-0.4, -0.2) is 43.2 Å². The molecule has 0 spiro atoms. The fourth-order valence-corrected chi connectivity index (χ4v) is 1.98. The van der Waals surface area contributed by atoms with Crippen LogP contribution in [0.15, 0.2) is 18.2 Å². The van der Waals surface area contributed by atoms with Crippen LogP contribution in [0.5, 0.6) is 0 Å². The Bertz CT molecular complexity index is 362. The summed E-state index contributed by atoms with van der Waals surface area (Å²) in [6.45, 7) is 3.32. The van der Waals surface area contributed by atoms with Crippen molar-refractivity contribution < 1.29 is 9.50 Å². The van der Waals surface area contributed by atoms with E-state index in [2.05, 4.69) is 11.9 Å². The Balaban J connectivity index is 2.20. The smallest absolute Gasteiger partial charge is 0.151 e. The summed E-state index contributed by atoms with van der Waals surface area (Å²) in [6, 6.07) is 5.19. The first-order valence-electron chi connectivity index (χ1n) is 5.54. The third-order valence-corrected chi connectivity index (χ3v) is 3.07. The second-order valence-corrected chi connectivity index (χ2v) is 4.20. The molecule has 0 aliphatic carbocycles. The summed E-state index contributed by atoms with van der Waals surface area (Å²) >= 11 is 0. The highest BCUT2D eigenvalue weighted by molar-refractivity contribution is 5.50. The van der Waals surface area contributed by atoms with Gasteiger partial charge in [-0.15, -0.1) is 0 Å². The lowest BCUT2D eigenvalue weighted by atomic mass is 10.1. The van der Waals surface area contributed by atoms with Crippen LogP contribution in [-0.2, 0) is 6.61 Å². The van der Waals surface area contributed by atoms with E-state index in [9.17, 15) is 4.39 Å². The Morgan fingerprint density at radius 2 is 1.94 bits per heavy atom. The lowest BCUT2D eigenvalue weighted by Crippen LogP contribution is -2.44. The topological polar surface area (TPSA) is 26.7 Å². The molecule has 1 aliphatic heterocycles. The van der Waals surface area contributed by atoms with Gasteiger partial charge in [-0.25, -0.2) is 4.39 Å². The molecule has 1 saturated heterocycles. The molecule has 1 fully saturated rings. The van der Waals surface area contributed by atoms with Crippen LogP contribution in [0.4, 0.5) is 10.1 Å². The number of aliphatic hydroxyl groups is 1. The van der Waals surface area contributed by atoms with Crippen molar-refractivity contribution in [3.8, 4) is 0 Å². The number of hydrogen-bond donors (Lipinski definition) is 1. The minimum absolute atomic E-state index is 0.243. The van der Waals surface area contributed by atoms with Gasteiger partial charge in [0.2, 0.25) is 0 Å². The fourth-order valence-electron chi connectivity index (χ4n) is 1.98. The highest BCUT2D eigenvalue weighted by Gasteiger charge is 2.18. The van der Waals surface area contributed by atoms with E-state index >= 15 is 0 Å². The van der Waals surface area contributed by atoms with Gasteiger partial charge >= 0.3 is 0 Å². The molecule has 1 aromatic carbocycles. The van der Waals surface area contributed by atoms with Crippen molar-refractivity contribution in [2.75, 3.05) is 38.1 Å². The predicted molar refractivity (Wildman–Crippen MR) is 62.0 cm³/mol. The summed E-state index contributed by atoms with van der Waals surface area (Å²) in [7, 11) is 2.07. The van der Waals surface area contributed by atoms with Gasteiger partial charge in [0.05, 0.1) is 12.3 Å². The second-order valence-electron chi connectivity index (χ2n) is 4.20. The van der Waals surface area contributed by atoms with E-state index in [4.69, 9.17) is 5.11 Å². The first-order valence-corrected chi connectivity index (χ1v) is 5.54. The number of nitrogens with zero attached hydrogens (tertiary/aromatic N) is 2. The van der Waals surface area contributed by atoms with Crippen LogP contribution in [0.3, 0.4) is 0 Å². The van der Waals surface area contributed by atoms with Crippen LogP contribution in [0.25, 0.3) is 0 Å². The molecule has 88 valence electrons. The van der Waals surface area contributed by atoms with Crippen LogP contribution in [0, 0.1) is 5.82 Å². The third kappa shape index (κ3) is 2.18. The fraction of sp³-hybridized carbons (Fsp3) is 0.500. The van der Waals surface area contributed by atoms with Gasteiger partial charge < -0.3 is 14.9 Å². The maximum absolute atomic E-state index is 13.9. The molecule has 1 aliphatic rings. The number of likely N-dealkylation sites (N-methyl/N-ethyl adjacent to an activating group) is 1. The van der Waals surface area contributed by atoms with Crippen molar-refractivity contribution in [3.63, 3.8) is 0 Å². The molecule has 0 radical (unpaired) electrons. The van der Waals surface area contributed by atoms with Gasteiger partial charge in [-0.05, 0) is 13.1 Å². The van der Waals surface area contributed by atoms with Crippen molar-refractivity contribution in [1.82, 2.24) is 4.90 Å². The monoisotopic (exact) mass is 224 g/mol. The van der Waals surface area contributed by atoms with Crippen LogP contribution in [0.1, 0.15) is 5.56 Å². The number of benzene rings is 1. The molecule has 0 atom stereocenters. The van der Waals surface area contributed by atoms with E-state index in [-0.39, 0.29) is 12.4 Å². The van der Waals surface area contributed by atoms with Crippen LogP contribution in [0.2, 0.25) is 0 Å². The summed E-state index contributed by atoms with van der Waals surface area (Å²) in [5.41, 5.74) is 0.982. The standard InChI is InChI=1S/C12H17FN2O/c1-14-5-7-15(8-6-14)11-4-2-3-10(9-16)12(11)13/h2-4,16H,5-9H2,1H3. The molecule has 0 unspecified atom stereocenters. The van der Waals surface area contributed by atoms with Crippen molar-refractivity contribution in [3.05, 3.63) is 29.6 Å². The molecule has 1 N–H and O–H groups in total. The van der Waals surface area contributed by atoms with E-state index in [1.807, 2.05) is 4.90 Å². The number of halogens is 1. The average Bonchev–Trinajstić information content (AvgIpc) is 2.31. The maximum Gasteiger partial charge on any atom is 0.151 e. The Hall–Kier alpha value is -1.13. The molecule has 1 aromatic rings. The molecular formula is C12H17FN2O. The normalized spacial score (nSPS) is 17.8. The van der Waals surface area contributed by atoms with Gasteiger partial charge in [-0.1, -0.05) is 12.1 Å². The first-order chi connectivity index (χ1) is 7.72. The highest BCUT2D eigenvalue weighted by Crippen LogP contribution is 2.23. The number of rotatable bonds is 2. The third-order valence-electron chi connectivity index (χ3n) is 3.07. The summed E-state index contributed by atoms with van der Waals surface area (Å²) in [5, 5.41) is 9.02. The van der Waals surface area contributed by atoms with Gasteiger partial charge in [-0.3, -0.25) is 0 Å². The molecule has 2 rings (SSSR count). The Morgan fingerprint density at radius 1 is 1.25 bits per heavy atom. The molecule has 0 aromatic heterocycles. The number of piperazine rings is 1. The quantitative estimate of drug-likeness (QED) is 0.814. The summed E-state index contributed by atoms with van der Waals surface area (Å²) in [6.07, 6.45) is 0. The minimum Gasteiger partial charge on any atom is -0.392 e. The SMILES string of the molecule is CN1CCN(c2cccc(CO)c2F)CC1. The van der Waals surface area contributed by atoms with Gasteiger partial charge in [0, 0.05) is 31.7 Å². The first kappa shape index (κ1) is 11.4. The Kier molecular flexibility index (Phi) is 3.41. The zero-order chi connectivity index (χ0) is 11.5. The van der Waals surface area contributed by atoms with Gasteiger partial charge in [0.15, 0.2) is 5.82 Å². The van der Waals surface area contributed by atoms with Gasteiger partial charge in [0.1, 0.15) is 0 Å². The second kappa shape index (κ2) is 4.80. The van der Waals surface area contributed by atoms with E-state index in [1.165, 1.54) is 0 Å². The highest BCUT2D eigenvalue weighted by atomic mass is 19.1. The Morgan fingerprint density at radius 3 is 2.56 bits per heavy atom.